The van der Waals surface area contributed by atoms with Crippen molar-refractivity contribution >= 4 is 5.82 Å². The third-order valence-corrected chi connectivity index (χ3v) is 3.57. The van der Waals surface area contributed by atoms with Gasteiger partial charge in [-0.15, -0.1) is 0 Å². The van der Waals surface area contributed by atoms with Gasteiger partial charge in [-0.2, -0.15) is 0 Å². The fraction of sp³-hybridized carbons (Fsp3) is 0.667. The van der Waals surface area contributed by atoms with E-state index >= 15 is 0 Å². The van der Waals surface area contributed by atoms with Crippen LogP contribution in [0.5, 0.6) is 0 Å². The number of nitrogens with zero attached hydrogens (tertiary/aromatic N) is 2. The number of rotatable bonds is 6. The number of nitrogens with one attached hydrogen (secondary N) is 1. The quantitative estimate of drug-likeness (QED) is 0.856. The van der Waals surface area contributed by atoms with Crippen molar-refractivity contribution in [2.45, 2.75) is 39.3 Å². The minimum Gasteiger partial charge on any atom is -0.378 e. The average molecular weight is 263 g/mol. The van der Waals surface area contributed by atoms with Crippen molar-refractivity contribution in [1.82, 2.24) is 9.88 Å². The normalized spacial score (nSPS) is 17.6. The molecule has 0 amide bonds. The highest BCUT2D eigenvalue weighted by Crippen LogP contribution is 2.19. The molecule has 0 spiro atoms. The summed E-state index contributed by atoms with van der Waals surface area (Å²) < 4.78 is 5.69. The molecule has 0 aromatic carbocycles. The maximum atomic E-state index is 5.69. The first-order valence-electron chi connectivity index (χ1n) is 7.35. The van der Waals surface area contributed by atoms with Crippen LogP contribution in [0.1, 0.15) is 32.3 Å². The van der Waals surface area contributed by atoms with Crippen molar-refractivity contribution in [2.24, 2.45) is 0 Å². The lowest BCUT2D eigenvalue weighted by Crippen LogP contribution is -2.36. The second kappa shape index (κ2) is 7.46. The second-order valence-corrected chi connectivity index (χ2v) is 4.97. The van der Waals surface area contributed by atoms with E-state index in [-0.39, 0.29) is 0 Å². The van der Waals surface area contributed by atoms with Gasteiger partial charge in [-0.1, -0.05) is 6.07 Å². The Morgan fingerprint density at radius 2 is 2.16 bits per heavy atom. The van der Waals surface area contributed by atoms with Gasteiger partial charge in [-0.25, -0.2) is 4.98 Å². The Hall–Kier alpha value is -1.13. The molecule has 1 N–H and O–H groups in total. The van der Waals surface area contributed by atoms with E-state index < -0.39 is 0 Å². The highest BCUT2D eigenvalue weighted by molar-refractivity contribution is 5.43. The molecule has 0 bridgehead atoms. The van der Waals surface area contributed by atoms with Gasteiger partial charge in [0.05, 0.1) is 6.10 Å². The zero-order valence-electron chi connectivity index (χ0n) is 12.1. The Bertz CT molecular complexity index is 375. The van der Waals surface area contributed by atoms with Crippen molar-refractivity contribution in [2.75, 3.05) is 31.6 Å². The number of pyridine rings is 1. The SMILES string of the molecule is CCNc1ncccc1CN1CCC(OCC)CC1. The zero-order chi connectivity index (χ0) is 13.5. The van der Waals surface area contributed by atoms with E-state index in [1.807, 2.05) is 12.3 Å². The van der Waals surface area contributed by atoms with Crippen LogP contribution in [0.2, 0.25) is 0 Å². The maximum Gasteiger partial charge on any atom is 0.130 e. The van der Waals surface area contributed by atoms with E-state index in [0.717, 1.165) is 51.4 Å². The molecule has 1 aromatic heterocycles. The summed E-state index contributed by atoms with van der Waals surface area (Å²) in [7, 11) is 0. The van der Waals surface area contributed by atoms with Crippen molar-refractivity contribution in [3.05, 3.63) is 23.9 Å². The monoisotopic (exact) mass is 263 g/mol. The predicted molar refractivity (Wildman–Crippen MR) is 78.3 cm³/mol. The molecular weight excluding hydrogens is 238 g/mol. The zero-order valence-corrected chi connectivity index (χ0v) is 12.1. The number of piperidine rings is 1. The topological polar surface area (TPSA) is 37.4 Å². The smallest absolute Gasteiger partial charge is 0.130 e. The molecular formula is C15H25N3O. The lowest BCUT2D eigenvalue weighted by molar-refractivity contribution is 0.0125. The Balaban J connectivity index is 1.88. The molecule has 1 saturated heterocycles. The van der Waals surface area contributed by atoms with Gasteiger partial charge < -0.3 is 10.1 Å². The van der Waals surface area contributed by atoms with Crippen LogP contribution < -0.4 is 5.32 Å². The fourth-order valence-corrected chi connectivity index (χ4v) is 2.60. The number of likely N-dealkylation sites (tertiary alicyclic amines) is 1. The molecule has 0 aliphatic carbocycles. The third kappa shape index (κ3) is 4.18. The van der Waals surface area contributed by atoms with Crippen molar-refractivity contribution < 1.29 is 4.74 Å². The third-order valence-electron chi connectivity index (χ3n) is 3.57. The van der Waals surface area contributed by atoms with Crippen LogP contribution in [-0.4, -0.2) is 42.2 Å². The maximum absolute atomic E-state index is 5.69. The summed E-state index contributed by atoms with van der Waals surface area (Å²) in [5, 5.41) is 3.33. The van der Waals surface area contributed by atoms with Crippen LogP contribution in [0.4, 0.5) is 5.82 Å². The van der Waals surface area contributed by atoms with Gasteiger partial charge in [-0.3, -0.25) is 4.90 Å². The van der Waals surface area contributed by atoms with E-state index in [9.17, 15) is 0 Å². The molecule has 1 fully saturated rings. The second-order valence-electron chi connectivity index (χ2n) is 4.97. The molecule has 2 rings (SSSR count). The van der Waals surface area contributed by atoms with E-state index in [1.165, 1.54) is 5.56 Å². The van der Waals surface area contributed by atoms with Gasteiger partial charge in [0.1, 0.15) is 5.82 Å². The number of aromatic nitrogens is 1. The average Bonchev–Trinajstić information content (AvgIpc) is 2.44. The van der Waals surface area contributed by atoms with Gasteiger partial charge in [0.2, 0.25) is 0 Å². The van der Waals surface area contributed by atoms with E-state index in [2.05, 4.69) is 35.1 Å². The Kier molecular flexibility index (Phi) is 5.61. The lowest BCUT2D eigenvalue weighted by atomic mass is 10.1. The molecule has 0 radical (unpaired) electrons. The molecule has 0 saturated carbocycles. The van der Waals surface area contributed by atoms with Crippen molar-refractivity contribution in [3.63, 3.8) is 0 Å². The fourth-order valence-electron chi connectivity index (χ4n) is 2.60. The number of hydrogen-bond donors (Lipinski definition) is 1. The summed E-state index contributed by atoms with van der Waals surface area (Å²) in [6.07, 6.45) is 4.60. The Labute approximate surface area is 116 Å². The van der Waals surface area contributed by atoms with Crippen LogP contribution in [-0.2, 0) is 11.3 Å². The minimum atomic E-state index is 0.461. The van der Waals surface area contributed by atoms with Crippen LogP contribution in [0, 0.1) is 0 Å². The summed E-state index contributed by atoms with van der Waals surface area (Å²) in [6, 6.07) is 4.18. The van der Waals surface area contributed by atoms with Gasteiger partial charge in [0.25, 0.3) is 0 Å². The number of ether oxygens (including phenoxy) is 1. The van der Waals surface area contributed by atoms with Crippen molar-refractivity contribution in [1.29, 1.82) is 0 Å². The minimum absolute atomic E-state index is 0.461. The van der Waals surface area contributed by atoms with Crippen LogP contribution in [0.15, 0.2) is 18.3 Å². The highest BCUT2D eigenvalue weighted by Gasteiger charge is 2.19. The van der Waals surface area contributed by atoms with Gasteiger partial charge in [0.15, 0.2) is 0 Å². The first kappa shape index (κ1) is 14.3. The molecule has 2 heterocycles. The molecule has 0 unspecified atom stereocenters. The van der Waals surface area contributed by atoms with Crippen LogP contribution in [0.3, 0.4) is 0 Å². The molecule has 4 heteroatoms. The molecule has 1 aliphatic rings. The summed E-state index contributed by atoms with van der Waals surface area (Å²) in [5.74, 6) is 1.02. The number of anilines is 1. The predicted octanol–water partition coefficient (Wildman–Crippen LogP) is 2.51. The molecule has 0 atom stereocenters. The van der Waals surface area contributed by atoms with Crippen LogP contribution in [0.25, 0.3) is 0 Å². The van der Waals surface area contributed by atoms with E-state index in [1.54, 1.807) is 0 Å². The van der Waals surface area contributed by atoms with Gasteiger partial charge in [-0.05, 0) is 32.8 Å². The largest absolute Gasteiger partial charge is 0.378 e. The first-order chi connectivity index (χ1) is 9.33. The molecule has 19 heavy (non-hydrogen) atoms. The molecule has 1 aromatic rings. The summed E-state index contributed by atoms with van der Waals surface area (Å²) in [4.78, 5) is 6.91. The first-order valence-corrected chi connectivity index (χ1v) is 7.35. The van der Waals surface area contributed by atoms with E-state index in [0.29, 0.717) is 6.10 Å². The summed E-state index contributed by atoms with van der Waals surface area (Å²) in [6.45, 7) is 9.14. The summed E-state index contributed by atoms with van der Waals surface area (Å²) >= 11 is 0. The lowest BCUT2D eigenvalue weighted by Gasteiger charge is -2.32. The molecule has 4 nitrogen and oxygen atoms in total. The molecule has 1 aliphatic heterocycles. The Morgan fingerprint density at radius 3 is 2.84 bits per heavy atom. The van der Waals surface area contributed by atoms with Gasteiger partial charge in [0, 0.05) is 44.5 Å². The van der Waals surface area contributed by atoms with Crippen LogP contribution >= 0.6 is 0 Å². The standard InChI is InChI=1S/C15H25N3O/c1-3-16-15-13(6-5-9-17-15)12-18-10-7-14(8-11-18)19-4-2/h5-6,9,14H,3-4,7-8,10-12H2,1-2H3,(H,16,17). The van der Waals surface area contributed by atoms with E-state index in [4.69, 9.17) is 4.74 Å². The molecule has 106 valence electrons. The Morgan fingerprint density at radius 1 is 1.37 bits per heavy atom. The number of hydrogen-bond acceptors (Lipinski definition) is 4. The highest BCUT2D eigenvalue weighted by atomic mass is 16.5. The summed E-state index contributed by atoms with van der Waals surface area (Å²) in [5.41, 5.74) is 1.29. The van der Waals surface area contributed by atoms with Gasteiger partial charge >= 0.3 is 0 Å². The van der Waals surface area contributed by atoms with Crippen molar-refractivity contribution in [3.8, 4) is 0 Å².